The first-order chi connectivity index (χ1) is 9.43. The van der Waals surface area contributed by atoms with Crippen molar-refractivity contribution in [2.45, 2.75) is 48.1 Å². The van der Waals surface area contributed by atoms with Crippen molar-refractivity contribution in [2.24, 2.45) is 11.8 Å². The van der Waals surface area contributed by atoms with Crippen LogP contribution in [0.2, 0.25) is 0 Å². The minimum absolute atomic E-state index is 0.657. The van der Waals surface area contributed by atoms with Gasteiger partial charge in [-0.15, -0.1) is 0 Å². The zero-order valence-corrected chi connectivity index (χ0v) is 14.0. The number of pyridine rings is 1. The lowest BCUT2D eigenvalue weighted by atomic mass is 10.1. The number of nitrogens with zero attached hydrogens (tertiary/aromatic N) is 2. The predicted octanol–water partition coefficient (Wildman–Crippen LogP) is 3.62. The lowest BCUT2D eigenvalue weighted by Crippen LogP contribution is -2.28. The van der Waals surface area contributed by atoms with E-state index in [-0.39, 0.29) is 0 Å². The monoisotopic (exact) mass is 277 g/mol. The van der Waals surface area contributed by atoms with Gasteiger partial charge >= 0.3 is 0 Å². The van der Waals surface area contributed by atoms with Crippen molar-refractivity contribution >= 4 is 5.82 Å². The second-order valence-corrected chi connectivity index (χ2v) is 6.37. The van der Waals surface area contributed by atoms with E-state index in [0.29, 0.717) is 11.8 Å². The molecule has 114 valence electrons. The minimum Gasteiger partial charge on any atom is -0.357 e. The number of hydrogen-bond acceptors (Lipinski definition) is 3. The Labute approximate surface area is 124 Å². The van der Waals surface area contributed by atoms with Gasteiger partial charge in [0.15, 0.2) is 0 Å². The molecule has 0 aromatic carbocycles. The lowest BCUT2D eigenvalue weighted by molar-refractivity contribution is 0.550. The van der Waals surface area contributed by atoms with E-state index in [1.54, 1.807) is 0 Å². The van der Waals surface area contributed by atoms with Crippen LogP contribution in [0, 0.1) is 18.8 Å². The highest BCUT2D eigenvalue weighted by Crippen LogP contribution is 2.16. The first-order valence-corrected chi connectivity index (χ1v) is 7.86. The van der Waals surface area contributed by atoms with Gasteiger partial charge in [0.1, 0.15) is 5.82 Å². The lowest BCUT2D eigenvalue weighted by Gasteiger charge is -2.24. The van der Waals surface area contributed by atoms with Crippen LogP contribution >= 0.6 is 0 Å². The summed E-state index contributed by atoms with van der Waals surface area (Å²) in [6, 6.07) is 4.37. The van der Waals surface area contributed by atoms with Gasteiger partial charge in [0.2, 0.25) is 0 Å². The molecule has 0 aliphatic heterocycles. The molecule has 1 N–H and O–H groups in total. The summed E-state index contributed by atoms with van der Waals surface area (Å²) >= 11 is 0. The largest absolute Gasteiger partial charge is 0.357 e. The quantitative estimate of drug-likeness (QED) is 0.786. The summed E-state index contributed by atoms with van der Waals surface area (Å²) in [6.45, 7) is 17.3. The number of rotatable bonds is 8. The normalized spacial score (nSPS) is 11.4. The van der Waals surface area contributed by atoms with Gasteiger partial charge in [0.25, 0.3) is 0 Å². The summed E-state index contributed by atoms with van der Waals surface area (Å²) in [5, 5.41) is 3.48. The molecule has 0 atom stereocenters. The van der Waals surface area contributed by atoms with E-state index < -0.39 is 0 Å². The van der Waals surface area contributed by atoms with Crippen LogP contribution in [-0.4, -0.2) is 24.6 Å². The van der Waals surface area contributed by atoms with Gasteiger partial charge in [-0.2, -0.15) is 0 Å². The van der Waals surface area contributed by atoms with Gasteiger partial charge in [-0.3, -0.25) is 0 Å². The van der Waals surface area contributed by atoms with Crippen LogP contribution < -0.4 is 10.2 Å². The van der Waals surface area contributed by atoms with Crippen molar-refractivity contribution in [2.75, 3.05) is 24.5 Å². The van der Waals surface area contributed by atoms with Crippen molar-refractivity contribution in [1.82, 2.24) is 10.3 Å². The molecule has 1 heterocycles. The summed E-state index contributed by atoms with van der Waals surface area (Å²) in [4.78, 5) is 7.13. The molecule has 1 aromatic heterocycles. The molecule has 1 aromatic rings. The van der Waals surface area contributed by atoms with Crippen LogP contribution in [0.25, 0.3) is 0 Å². The second-order valence-electron chi connectivity index (χ2n) is 6.37. The maximum atomic E-state index is 4.78. The molecule has 0 aliphatic carbocycles. The molecule has 0 radical (unpaired) electrons. The zero-order valence-electron chi connectivity index (χ0n) is 14.0. The molecule has 3 heteroatoms. The number of aryl methyl sites for hydroxylation is 1. The summed E-state index contributed by atoms with van der Waals surface area (Å²) < 4.78 is 0. The zero-order chi connectivity index (χ0) is 15.1. The Balaban J connectivity index is 2.71. The SMILES string of the molecule is CCN(CC(C)C)c1ccc(CNCC(C)C)c(C)n1. The van der Waals surface area contributed by atoms with Crippen LogP contribution in [-0.2, 0) is 6.54 Å². The van der Waals surface area contributed by atoms with Crippen molar-refractivity contribution in [3.05, 3.63) is 23.4 Å². The van der Waals surface area contributed by atoms with Crippen LogP contribution in [0.3, 0.4) is 0 Å². The molecule has 0 bridgehead atoms. The third-order valence-electron chi connectivity index (χ3n) is 3.34. The second kappa shape index (κ2) is 8.25. The molecule has 0 fully saturated rings. The smallest absolute Gasteiger partial charge is 0.128 e. The highest BCUT2D eigenvalue weighted by Gasteiger charge is 2.09. The summed E-state index contributed by atoms with van der Waals surface area (Å²) in [5.41, 5.74) is 2.44. The van der Waals surface area contributed by atoms with Crippen LogP contribution in [0.5, 0.6) is 0 Å². The van der Waals surface area contributed by atoms with Crippen LogP contribution in [0.1, 0.15) is 45.9 Å². The third kappa shape index (κ3) is 5.49. The van der Waals surface area contributed by atoms with Crippen molar-refractivity contribution in [3.63, 3.8) is 0 Å². The van der Waals surface area contributed by atoms with E-state index in [9.17, 15) is 0 Å². The number of hydrogen-bond donors (Lipinski definition) is 1. The molecule has 1 rings (SSSR count). The number of aromatic nitrogens is 1. The average Bonchev–Trinajstić information content (AvgIpc) is 2.37. The molecule has 0 unspecified atom stereocenters. The van der Waals surface area contributed by atoms with Crippen LogP contribution in [0.4, 0.5) is 5.82 Å². The Morgan fingerprint density at radius 1 is 1.15 bits per heavy atom. The Morgan fingerprint density at radius 2 is 1.85 bits per heavy atom. The summed E-state index contributed by atoms with van der Waals surface area (Å²) in [6.07, 6.45) is 0. The molecule has 0 amide bonds. The highest BCUT2D eigenvalue weighted by atomic mass is 15.2. The molecular formula is C17H31N3. The number of nitrogens with one attached hydrogen (secondary N) is 1. The first-order valence-electron chi connectivity index (χ1n) is 7.86. The Morgan fingerprint density at radius 3 is 2.35 bits per heavy atom. The number of anilines is 1. The van der Waals surface area contributed by atoms with E-state index >= 15 is 0 Å². The molecule has 0 aliphatic rings. The maximum Gasteiger partial charge on any atom is 0.128 e. The van der Waals surface area contributed by atoms with E-state index in [1.807, 2.05) is 0 Å². The van der Waals surface area contributed by atoms with Crippen molar-refractivity contribution in [3.8, 4) is 0 Å². The minimum atomic E-state index is 0.657. The Hall–Kier alpha value is -1.09. The molecule has 20 heavy (non-hydrogen) atoms. The average molecular weight is 277 g/mol. The van der Waals surface area contributed by atoms with Gasteiger partial charge in [-0.25, -0.2) is 4.98 Å². The highest BCUT2D eigenvalue weighted by molar-refractivity contribution is 5.41. The van der Waals surface area contributed by atoms with E-state index in [2.05, 4.69) is 63.9 Å². The summed E-state index contributed by atoms with van der Waals surface area (Å²) in [5.74, 6) is 2.44. The Kier molecular flexibility index (Phi) is 7.00. The van der Waals surface area contributed by atoms with Gasteiger partial charge < -0.3 is 10.2 Å². The first kappa shape index (κ1) is 17.0. The fourth-order valence-electron chi connectivity index (χ4n) is 2.26. The van der Waals surface area contributed by atoms with E-state index in [1.165, 1.54) is 5.56 Å². The van der Waals surface area contributed by atoms with Gasteiger partial charge in [0, 0.05) is 25.3 Å². The van der Waals surface area contributed by atoms with Gasteiger partial charge in [-0.05, 0) is 43.9 Å². The van der Waals surface area contributed by atoms with E-state index in [4.69, 9.17) is 4.98 Å². The third-order valence-corrected chi connectivity index (χ3v) is 3.34. The van der Waals surface area contributed by atoms with Gasteiger partial charge in [0.05, 0.1) is 0 Å². The van der Waals surface area contributed by atoms with Crippen LogP contribution in [0.15, 0.2) is 12.1 Å². The fourth-order valence-corrected chi connectivity index (χ4v) is 2.26. The topological polar surface area (TPSA) is 28.2 Å². The summed E-state index contributed by atoms with van der Waals surface area (Å²) in [7, 11) is 0. The predicted molar refractivity (Wildman–Crippen MR) is 88.2 cm³/mol. The van der Waals surface area contributed by atoms with Crippen molar-refractivity contribution in [1.29, 1.82) is 0 Å². The van der Waals surface area contributed by atoms with Crippen molar-refractivity contribution < 1.29 is 0 Å². The molecule has 0 saturated carbocycles. The molecule has 0 spiro atoms. The fraction of sp³-hybridized carbons (Fsp3) is 0.706. The molecule has 0 saturated heterocycles. The standard InChI is InChI=1S/C17H31N3/c1-7-20(12-14(4)5)17-9-8-16(15(6)19-17)11-18-10-13(2)3/h8-9,13-14,18H,7,10-12H2,1-6H3. The Bertz CT molecular complexity index is 399. The molecular weight excluding hydrogens is 246 g/mol. The maximum absolute atomic E-state index is 4.78. The van der Waals surface area contributed by atoms with Gasteiger partial charge in [-0.1, -0.05) is 33.8 Å². The van der Waals surface area contributed by atoms with E-state index in [0.717, 1.165) is 37.7 Å². The molecule has 3 nitrogen and oxygen atoms in total.